The highest BCUT2D eigenvalue weighted by Crippen LogP contribution is 2.31. The number of urea groups is 1. The summed E-state index contributed by atoms with van der Waals surface area (Å²) in [5.41, 5.74) is 7.03. The molecule has 1 saturated heterocycles. The van der Waals surface area contributed by atoms with Gasteiger partial charge in [0.15, 0.2) is 9.84 Å². The third kappa shape index (κ3) is 4.64. The second-order valence-corrected chi connectivity index (χ2v) is 8.69. The number of sulfone groups is 1. The van der Waals surface area contributed by atoms with Crippen LogP contribution in [0.2, 0.25) is 0 Å². The van der Waals surface area contributed by atoms with Gasteiger partial charge in [0.1, 0.15) is 5.82 Å². The summed E-state index contributed by atoms with van der Waals surface area (Å²) in [5.74, 6) is -0.764. The lowest BCUT2D eigenvalue weighted by atomic mass is 10.0. The van der Waals surface area contributed by atoms with Crippen molar-refractivity contribution in [2.75, 3.05) is 18.8 Å². The number of benzene rings is 2. The molecular formula is C19H22FN3O3S. The fourth-order valence-electron chi connectivity index (χ4n) is 3.24. The van der Waals surface area contributed by atoms with Gasteiger partial charge in [0.25, 0.3) is 0 Å². The van der Waals surface area contributed by atoms with Crippen molar-refractivity contribution in [2.45, 2.75) is 23.4 Å². The summed E-state index contributed by atoms with van der Waals surface area (Å²) >= 11 is 0. The predicted octanol–water partition coefficient (Wildman–Crippen LogP) is 2.08. The molecule has 0 spiro atoms. The zero-order chi connectivity index (χ0) is 19.4. The molecule has 0 radical (unpaired) electrons. The van der Waals surface area contributed by atoms with E-state index in [0.717, 1.165) is 17.7 Å². The van der Waals surface area contributed by atoms with Gasteiger partial charge in [-0.2, -0.15) is 0 Å². The van der Waals surface area contributed by atoms with E-state index in [1.54, 1.807) is 4.90 Å². The first-order valence-corrected chi connectivity index (χ1v) is 10.4. The summed E-state index contributed by atoms with van der Waals surface area (Å²) in [6.07, 6.45) is 0.658. The molecule has 0 aliphatic carbocycles. The Morgan fingerprint density at radius 1 is 1.15 bits per heavy atom. The summed E-state index contributed by atoms with van der Waals surface area (Å²) in [6, 6.07) is 13.7. The zero-order valence-corrected chi connectivity index (χ0v) is 15.5. The van der Waals surface area contributed by atoms with Gasteiger partial charge >= 0.3 is 6.03 Å². The summed E-state index contributed by atoms with van der Waals surface area (Å²) in [4.78, 5) is 14.2. The molecule has 1 aliphatic rings. The summed E-state index contributed by atoms with van der Waals surface area (Å²) in [7, 11) is -3.60. The van der Waals surface area contributed by atoms with Crippen molar-refractivity contribution in [1.29, 1.82) is 0 Å². The number of carbonyl (C=O) groups is 1. The Bertz CT molecular complexity index is 888. The van der Waals surface area contributed by atoms with E-state index in [4.69, 9.17) is 5.73 Å². The molecule has 0 aromatic heterocycles. The van der Waals surface area contributed by atoms with Crippen LogP contribution in [0.3, 0.4) is 0 Å². The number of rotatable bonds is 5. The number of nitrogens with two attached hydrogens (primary N) is 1. The molecule has 0 bridgehead atoms. The Kier molecular flexibility index (Phi) is 5.76. The molecule has 144 valence electrons. The lowest BCUT2D eigenvalue weighted by Gasteiger charge is -2.25. The van der Waals surface area contributed by atoms with E-state index < -0.39 is 15.7 Å². The van der Waals surface area contributed by atoms with Crippen LogP contribution < -0.4 is 11.1 Å². The van der Waals surface area contributed by atoms with Crippen molar-refractivity contribution < 1.29 is 17.6 Å². The van der Waals surface area contributed by atoms with Crippen LogP contribution in [0.1, 0.15) is 18.0 Å². The molecule has 27 heavy (non-hydrogen) atoms. The van der Waals surface area contributed by atoms with Gasteiger partial charge in [-0.1, -0.05) is 30.3 Å². The minimum Gasteiger partial charge on any atom is -0.337 e. The fourth-order valence-corrected chi connectivity index (χ4v) is 4.40. The van der Waals surface area contributed by atoms with E-state index in [9.17, 15) is 17.6 Å². The molecule has 1 fully saturated rings. The first kappa shape index (κ1) is 19.3. The molecule has 3 rings (SSSR count). The number of nitrogens with one attached hydrogen (secondary N) is 1. The minimum absolute atomic E-state index is 0.0310. The van der Waals surface area contributed by atoms with Gasteiger partial charge in [0.05, 0.1) is 16.7 Å². The second-order valence-electron chi connectivity index (χ2n) is 6.58. The van der Waals surface area contributed by atoms with Crippen LogP contribution in [0.5, 0.6) is 0 Å². The van der Waals surface area contributed by atoms with Gasteiger partial charge in [0.2, 0.25) is 0 Å². The molecule has 2 atom stereocenters. The number of hydrogen-bond acceptors (Lipinski definition) is 4. The van der Waals surface area contributed by atoms with Gasteiger partial charge < -0.3 is 16.0 Å². The molecule has 2 amide bonds. The molecule has 1 aliphatic heterocycles. The Labute approximate surface area is 158 Å². The third-order valence-corrected chi connectivity index (χ3v) is 6.33. The van der Waals surface area contributed by atoms with Crippen molar-refractivity contribution in [3.63, 3.8) is 0 Å². The summed E-state index contributed by atoms with van der Waals surface area (Å²) in [6.45, 7) is 0.377. The normalized spacial score (nSPS) is 19.9. The van der Waals surface area contributed by atoms with Crippen molar-refractivity contribution in [3.8, 4) is 0 Å². The van der Waals surface area contributed by atoms with Gasteiger partial charge in [-0.05, 0) is 36.2 Å². The van der Waals surface area contributed by atoms with Crippen LogP contribution in [0.25, 0.3) is 0 Å². The molecule has 0 unspecified atom stereocenters. The zero-order valence-electron chi connectivity index (χ0n) is 14.7. The Morgan fingerprint density at radius 2 is 1.81 bits per heavy atom. The number of hydrogen-bond donors (Lipinski definition) is 2. The standard InChI is InChI=1S/C19H22FN3O3S/c20-15-6-8-17(9-7-15)27(25,26)11-10-22-19(24)23-13-16(21)12-18(23)14-4-2-1-3-5-14/h1-9,16,18H,10-13,21H2,(H,22,24)/t16-,18-/m1/s1. The fraction of sp³-hybridized carbons (Fsp3) is 0.316. The van der Waals surface area contributed by atoms with E-state index in [1.807, 2.05) is 30.3 Å². The second kappa shape index (κ2) is 8.06. The number of carbonyl (C=O) groups excluding carboxylic acids is 1. The average molecular weight is 391 g/mol. The first-order chi connectivity index (χ1) is 12.9. The van der Waals surface area contributed by atoms with Crippen LogP contribution in [0, 0.1) is 5.82 Å². The molecule has 1 heterocycles. The van der Waals surface area contributed by atoms with Crippen LogP contribution >= 0.6 is 0 Å². The van der Waals surface area contributed by atoms with Gasteiger partial charge in [-0.15, -0.1) is 0 Å². The van der Waals surface area contributed by atoms with E-state index in [-0.39, 0.29) is 35.3 Å². The Balaban J connectivity index is 1.60. The molecule has 0 saturated carbocycles. The molecule has 3 N–H and O–H groups in total. The topological polar surface area (TPSA) is 92.5 Å². The molecule has 2 aromatic carbocycles. The minimum atomic E-state index is -3.60. The average Bonchev–Trinajstić information content (AvgIpc) is 3.04. The number of nitrogens with zero attached hydrogens (tertiary/aromatic N) is 1. The number of amides is 2. The molecule has 6 nitrogen and oxygen atoms in total. The maximum Gasteiger partial charge on any atom is 0.318 e. The highest BCUT2D eigenvalue weighted by atomic mass is 32.2. The lowest BCUT2D eigenvalue weighted by Crippen LogP contribution is -2.42. The van der Waals surface area contributed by atoms with Crippen molar-refractivity contribution in [3.05, 3.63) is 66.0 Å². The van der Waals surface area contributed by atoms with Crippen molar-refractivity contribution in [2.24, 2.45) is 5.73 Å². The van der Waals surface area contributed by atoms with E-state index in [1.165, 1.54) is 12.1 Å². The van der Waals surface area contributed by atoms with Gasteiger partial charge in [-0.3, -0.25) is 0 Å². The van der Waals surface area contributed by atoms with E-state index >= 15 is 0 Å². The molecule has 2 aromatic rings. The predicted molar refractivity (Wildman–Crippen MR) is 100 cm³/mol. The highest BCUT2D eigenvalue weighted by Gasteiger charge is 2.34. The summed E-state index contributed by atoms with van der Waals surface area (Å²) in [5, 5.41) is 2.66. The lowest BCUT2D eigenvalue weighted by molar-refractivity contribution is 0.193. The van der Waals surface area contributed by atoms with E-state index in [0.29, 0.717) is 13.0 Å². The van der Waals surface area contributed by atoms with Crippen LogP contribution in [-0.2, 0) is 9.84 Å². The van der Waals surface area contributed by atoms with Crippen molar-refractivity contribution >= 4 is 15.9 Å². The maximum atomic E-state index is 12.9. The van der Waals surface area contributed by atoms with Gasteiger partial charge in [0, 0.05) is 19.1 Å². The number of halogens is 1. The van der Waals surface area contributed by atoms with Crippen molar-refractivity contribution in [1.82, 2.24) is 10.2 Å². The SMILES string of the molecule is N[C@@H]1C[C@H](c2ccccc2)N(C(=O)NCCS(=O)(=O)c2ccc(F)cc2)C1. The smallest absolute Gasteiger partial charge is 0.318 e. The number of likely N-dealkylation sites (tertiary alicyclic amines) is 1. The highest BCUT2D eigenvalue weighted by molar-refractivity contribution is 7.91. The monoisotopic (exact) mass is 391 g/mol. The molecular weight excluding hydrogens is 369 g/mol. The quantitative estimate of drug-likeness (QED) is 0.764. The third-order valence-electron chi connectivity index (χ3n) is 4.60. The summed E-state index contributed by atoms with van der Waals surface area (Å²) < 4.78 is 37.5. The maximum absolute atomic E-state index is 12.9. The largest absolute Gasteiger partial charge is 0.337 e. The Hall–Kier alpha value is -2.45. The molecule has 8 heteroatoms. The van der Waals surface area contributed by atoms with Crippen LogP contribution in [0.15, 0.2) is 59.5 Å². The van der Waals surface area contributed by atoms with Crippen LogP contribution in [0.4, 0.5) is 9.18 Å². The van der Waals surface area contributed by atoms with Crippen LogP contribution in [-0.4, -0.2) is 44.2 Å². The van der Waals surface area contributed by atoms with E-state index in [2.05, 4.69) is 5.32 Å². The van der Waals surface area contributed by atoms with Gasteiger partial charge in [-0.25, -0.2) is 17.6 Å². The Morgan fingerprint density at radius 3 is 2.48 bits per heavy atom. The first-order valence-electron chi connectivity index (χ1n) is 8.70.